The first-order valence-electron chi connectivity index (χ1n) is 8.89. The molecule has 2 aromatic heterocycles. The standard InChI is InChI=1S/C21H17N3O4S/c1-13-10-14(2)19-18(11-13)29-21(22-19)23(12-17-4-3-9-28-17)20(25)15-5-7-16(8-6-15)24(26)27/h3-11H,12H2,1-2H3. The van der Waals surface area contributed by atoms with Crippen molar-refractivity contribution in [1.82, 2.24) is 4.98 Å². The number of hydrogen-bond donors (Lipinski definition) is 0. The highest BCUT2D eigenvalue weighted by Gasteiger charge is 2.23. The first-order chi connectivity index (χ1) is 13.9. The predicted octanol–water partition coefficient (Wildman–Crippen LogP) is 5.26. The number of rotatable bonds is 5. The highest BCUT2D eigenvalue weighted by Crippen LogP contribution is 2.33. The van der Waals surface area contributed by atoms with E-state index in [2.05, 4.69) is 6.07 Å². The summed E-state index contributed by atoms with van der Waals surface area (Å²) < 4.78 is 6.43. The summed E-state index contributed by atoms with van der Waals surface area (Å²) in [6.45, 7) is 4.23. The molecule has 4 rings (SSSR count). The summed E-state index contributed by atoms with van der Waals surface area (Å²) in [5, 5.41) is 11.4. The summed E-state index contributed by atoms with van der Waals surface area (Å²) in [5.41, 5.74) is 3.31. The maximum Gasteiger partial charge on any atom is 0.269 e. The molecule has 0 atom stereocenters. The number of furan rings is 1. The molecule has 0 radical (unpaired) electrons. The number of aromatic nitrogens is 1. The van der Waals surface area contributed by atoms with Crippen LogP contribution in [0.4, 0.5) is 10.8 Å². The second kappa shape index (κ2) is 7.48. The van der Waals surface area contributed by atoms with Crippen molar-refractivity contribution in [1.29, 1.82) is 0 Å². The van der Waals surface area contributed by atoms with Gasteiger partial charge in [0.15, 0.2) is 5.13 Å². The van der Waals surface area contributed by atoms with Crippen molar-refractivity contribution in [3.63, 3.8) is 0 Å². The third kappa shape index (κ3) is 3.74. The van der Waals surface area contributed by atoms with Crippen LogP contribution >= 0.6 is 11.3 Å². The van der Waals surface area contributed by atoms with Crippen LogP contribution in [0.25, 0.3) is 10.2 Å². The van der Waals surface area contributed by atoms with Crippen LogP contribution in [0.2, 0.25) is 0 Å². The van der Waals surface area contributed by atoms with Crippen LogP contribution < -0.4 is 4.90 Å². The molecule has 8 heteroatoms. The van der Waals surface area contributed by atoms with E-state index in [9.17, 15) is 14.9 Å². The Balaban J connectivity index is 1.76. The van der Waals surface area contributed by atoms with E-state index >= 15 is 0 Å². The first-order valence-corrected chi connectivity index (χ1v) is 9.70. The van der Waals surface area contributed by atoms with Crippen LogP contribution in [-0.2, 0) is 6.54 Å². The molecule has 146 valence electrons. The van der Waals surface area contributed by atoms with Gasteiger partial charge in [0.2, 0.25) is 0 Å². The molecule has 2 heterocycles. The van der Waals surface area contributed by atoms with E-state index in [1.54, 1.807) is 23.3 Å². The average molecular weight is 407 g/mol. The smallest absolute Gasteiger partial charge is 0.269 e. The van der Waals surface area contributed by atoms with Crippen molar-refractivity contribution >= 4 is 38.3 Å². The summed E-state index contributed by atoms with van der Waals surface area (Å²) >= 11 is 1.43. The van der Waals surface area contributed by atoms with E-state index in [4.69, 9.17) is 9.40 Å². The van der Waals surface area contributed by atoms with Crippen molar-refractivity contribution in [2.24, 2.45) is 0 Å². The molecule has 0 N–H and O–H groups in total. The normalized spacial score (nSPS) is 11.0. The number of carbonyl (C=O) groups excluding carboxylic acids is 1. The van der Waals surface area contributed by atoms with Crippen LogP contribution in [0, 0.1) is 24.0 Å². The number of anilines is 1. The monoisotopic (exact) mass is 407 g/mol. The molecule has 0 fully saturated rings. The van der Waals surface area contributed by atoms with Gasteiger partial charge >= 0.3 is 0 Å². The van der Waals surface area contributed by atoms with Gasteiger partial charge < -0.3 is 4.42 Å². The molecule has 29 heavy (non-hydrogen) atoms. The Morgan fingerprint density at radius 3 is 2.62 bits per heavy atom. The molecular weight excluding hydrogens is 390 g/mol. The first kappa shape index (κ1) is 18.8. The molecule has 7 nitrogen and oxygen atoms in total. The van der Waals surface area contributed by atoms with Crippen LogP contribution in [0.1, 0.15) is 27.2 Å². The van der Waals surface area contributed by atoms with Crippen molar-refractivity contribution in [2.75, 3.05) is 4.90 Å². The zero-order chi connectivity index (χ0) is 20.5. The zero-order valence-electron chi connectivity index (χ0n) is 15.8. The van der Waals surface area contributed by atoms with E-state index in [1.807, 2.05) is 19.9 Å². The van der Waals surface area contributed by atoms with E-state index in [0.29, 0.717) is 16.5 Å². The number of nitro groups is 1. The number of non-ortho nitro benzene ring substituents is 1. The molecule has 0 unspecified atom stereocenters. The lowest BCUT2D eigenvalue weighted by atomic mass is 10.1. The van der Waals surface area contributed by atoms with Crippen molar-refractivity contribution in [3.8, 4) is 0 Å². The molecule has 0 aliphatic heterocycles. The highest BCUT2D eigenvalue weighted by molar-refractivity contribution is 7.22. The predicted molar refractivity (Wildman–Crippen MR) is 111 cm³/mol. The Morgan fingerprint density at radius 2 is 1.97 bits per heavy atom. The molecule has 0 aliphatic rings. The number of hydrogen-bond acceptors (Lipinski definition) is 6. The number of benzene rings is 2. The lowest BCUT2D eigenvalue weighted by molar-refractivity contribution is -0.384. The molecular formula is C21H17N3O4S. The highest BCUT2D eigenvalue weighted by atomic mass is 32.1. The van der Waals surface area contributed by atoms with Gasteiger partial charge in [-0.2, -0.15) is 0 Å². The van der Waals surface area contributed by atoms with Gasteiger partial charge in [0.05, 0.1) is 27.9 Å². The van der Waals surface area contributed by atoms with E-state index < -0.39 is 4.92 Å². The maximum atomic E-state index is 13.3. The van der Waals surface area contributed by atoms with Crippen LogP contribution in [0.5, 0.6) is 0 Å². The molecule has 0 aliphatic carbocycles. The van der Waals surface area contributed by atoms with Gasteiger partial charge in [-0.3, -0.25) is 19.8 Å². The number of fused-ring (bicyclic) bond motifs is 1. The summed E-state index contributed by atoms with van der Waals surface area (Å²) in [6, 6.07) is 13.2. The van der Waals surface area contributed by atoms with Crippen molar-refractivity contribution in [3.05, 3.63) is 87.4 Å². The van der Waals surface area contributed by atoms with Gasteiger partial charge in [0.25, 0.3) is 11.6 Å². The third-order valence-electron chi connectivity index (χ3n) is 4.51. The second-order valence-corrected chi connectivity index (χ2v) is 7.71. The lowest BCUT2D eigenvalue weighted by Crippen LogP contribution is -2.30. The fourth-order valence-corrected chi connectivity index (χ4v) is 4.28. The molecule has 2 aromatic carbocycles. The minimum absolute atomic E-state index is 0.0646. The van der Waals surface area contributed by atoms with Crippen molar-refractivity contribution < 1.29 is 14.1 Å². The zero-order valence-corrected chi connectivity index (χ0v) is 16.6. The Morgan fingerprint density at radius 1 is 1.21 bits per heavy atom. The topological polar surface area (TPSA) is 89.5 Å². The Labute approximate surface area is 170 Å². The summed E-state index contributed by atoms with van der Waals surface area (Å²) in [4.78, 5) is 29.9. The van der Waals surface area contributed by atoms with Gasteiger partial charge in [-0.25, -0.2) is 4.98 Å². The molecule has 1 amide bonds. The number of nitro benzene ring substituents is 1. The SMILES string of the molecule is Cc1cc(C)c2nc(N(Cc3ccco3)C(=O)c3ccc([N+](=O)[O-])cc3)sc2c1. The molecule has 4 aromatic rings. The Hall–Kier alpha value is -3.52. The van der Waals surface area contributed by atoms with Crippen molar-refractivity contribution in [2.45, 2.75) is 20.4 Å². The molecule has 0 saturated carbocycles. The van der Waals surface area contributed by atoms with E-state index in [0.717, 1.165) is 21.3 Å². The lowest BCUT2D eigenvalue weighted by Gasteiger charge is -2.18. The summed E-state index contributed by atoms with van der Waals surface area (Å²) in [7, 11) is 0. The quantitative estimate of drug-likeness (QED) is 0.332. The molecule has 0 spiro atoms. The Bertz CT molecular complexity index is 1200. The largest absolute Gasteiger partial charge is 0.467 e. The summed E-state index contributed by atoms with van der Waals surface area (Å²) in [5.74, 6) is 0.317. The molecule has 0 bridgehead atoms. The van der Waals surface area contributed by atoms with Crippen LogP contribution in [0.3, 0.4) is 0 Å². The minimum Gasteiger partial charge on any atom is -0.467 e. The van der Waals surface area contributed by atoms with E-state index in [-0.39, 0.29) is 18.1 Å². The second-order valence-electron chi connectivity index (χ2n) is 6.70. The van der Waals surface area contributed by atoms with Gasteiger partial charge in [0.1, 0.15) is 5.76 Å². The van der Waals surface area contributed by atoms with Gasteiger partial charge in [0, 0.05) is 17.7 Å². The fraction of sp³-hybridized carbons (Fsp3) is 0.143. The third-order valence-corrected chi connectivity index (χ3v) is 5.54. The van der Waals surface area contributed by atoms with Gasteiger partial charge in [-0.05, 0) is 55.3 Å². The van der Waals surface area contributed by atoms with Crippen LogP contribution in [-0.4, -0.2) is 15.8 Å². The number of aryl methyl sites for hydroxylation is 2. The molecule has 0 saturated heterocycles. The number of nitrogens with zero attached hydrogens (tertiary/aromatic N) is 3. The maximum absolute atomic E-state index is 13.3. The number of amides is 1. The number of thiazole rings is 1. The summed E-state index contributed by atoms with van der Waals surface area (Å²) in [6.07, 6.45) is 1.55. The number of carbonyl (C=O) groups is 1. The van der Waals surface area contributed by atoms with E-state index in [1.165, 1.54) is 35.6 Å². The Kier molecular flexibility index (Phi) is 4.85. The van der Waals surface area contributed by atoms with Gasteiger partial charge in [-0.15, -0.1) is 0 Å². The van der Waals surface area contributed by atoms with Gasteiger partial charge in [-0.1, -0.05) is 17.4 Å². The van der Waals surface area contributed by atoms with Crippen LogP contribution in [0.15, 0.2) is 59.2 Å². The fourth-order valence-electron chi connectivity index (χ4n) is 3.14. The minimum atomic E-state index is -0.493. The average Bonchev–Trinajstić information content (AvgIpc) is 3.35.